The predicted octanol–water partition coefficient (Wildman–Crippen LogP) is 1.91. The number of hydrogen-bond acceptors (Lipinski definition) is 5. The normalized spacial score (nSPS) is 22.2. The molecule has 0 aliphatic carbocycles. The van der Waals surface area contributed by atoms with Crippen molar-refractivity contribution in [2.45, 2.75) is 25.0 Å². The largest absolute Gasteiger partial charge is 0.486 e. The van der Waals surface area contributed by atoms with E-state index < -0.39 is 0 Å². The molecule has 5 heteroatoms. The first-order valence-electron chi connectivity index (χ1n) is 7.63. The van der Waals surface area contributed by atoms with Crippen molar-refractivity contribution in [3.05, 3.63) is 23.8 Å². The van der Waals surface area contributed by atoms with Crippen molar-refractivity contribution >= 4 is 0 Å². The number of fused-ring (bicyclic) bond motifs is 1. The first-order chi connectivity index (χ1) is 10.4. The highest BCUT2D eigenvalue weighted by Crippen LogP contribution is 2.32. The molecule has 0 saturated carbocycles. The van der Waals surface area contributed by atoms with Gasteiger partial charge in [-0.3, -0.25) is 0 Å². The van der Waals surface area contributed by atoms with E-state index in [2.05, 4.69) is 11.4 Å². The van der Waals surface area contributed by atoms with Crippen molar-refractivity contribution in [3.63, 3.8) is 0 Å². The maximum atomic E-state index is 5.81. The molecule has 0 aromatic heterocycles. The summed E-state index contributed by atoms with van der Waals surface area (Å²) < 4.78 is 22.6. The van der Waals surface area contributed by atoms with Crippen molar-refractivity contribution < 1.29 is 18.9 Å². The van der Waals surface area contributed by atoms with Crippen LogP contribution >= 0.6 is 0 Å². The molecule has 2 aliphatic rings. The van der Waals surface area contributed by atoms with Crippen molar-refractivity contribution in [3.8, 4) is 11.5 Å². The molecule has 21 heavy (non-hydrogen) atoms. The fourth-order valence-corrected chi connectivity index (χ4v) is 2.72. The van der Waals surface area contributed by atoms with Gasteiger partial charge in [-0.15, -0.1) is 0 Å². The van der Waals surface area contributed by atoms with Gasteiger partial charge in [0.05, 0.1) is 25.4 Å². The standard InChI is InChI=1S/C16H23NO4/c1-17-14(11-18-10-13-3-2-6-19-13)12-4-5-15-16(9-12)21-8-7-20-15/h4-5,9,13-14,17H,2-3,6-8,10-11H2,1H3. The van der Waals surface area contributed by atoms with E-state index in [1.165, 1.54) is 0 Å². The molecule has 1 fully saturated rings. The maximum absolute atomic E-state index is 5.81. The third-order valence-electron chi connectivity index (χ3n) is 3.93. The Bertz CT molecular complexity index is 460. The number of likely N-dealkylation sites (N-methyl/N-ethyl adjacent to an activating group) is 1. The molecule has 1 aromatic carbocycles. The molecule has 3 rings (SSSR count). The zero-order chi connectivity index (χ0) is 14.5. The summed E-state index contributed by atoms with van der Waals surface area (Å²) in [5, 5.41) is 3.29. The molecule has 0 bridgehead atoms. The van der Waals surface area contributed by atoms with E-state index in [0.29, 0.717) is 26.4 Å². The summed E-state index contributed by atoms with van der Waals surface area (Å²) in [6, 6.07) is 6.20. The van der Waals surface area contributed by atoms with Crippen LogP contribution in [-0.4, -0.2) is 46.2 Å². The molecule has 2 heterocycles. The number of rotatable bonds is 6. The molecule has 116 valence electrons. The van der Waals surface area contributed by atoms with Gasteiger partial charge in [0.15, 0.2) is 11.5 Å². The Morgan fingerprint density at radius 3 is 2.86 bits per heavy atom. The molecular weight excluding hydrogens is 270 g/mol. The van der Waals surface area contributed by atoms with Crippen LogP contribution in [0.15, 0.2) is 18.2 Å². The van der Waals surface area contributed by atoms with Crippen LogP contribution in [0, 0.1) is 0 Å². The molecule has 2 aliphatic heterocycles. The van der Waals surface area contributed by atoms with E-state index >= 15 is 0 Å². The highest BCUT2D eigenvalue weighted by atomic mass is 16.6. The first-order valence-corrected chi connectivity index (χ1v) is 7.63. The van der Waals surface area contributed by atoms with Crippen LogP contribution < -0.4 is 14.8 Å². The van der Waals surface area contributed by atoms with E-state index in [1.807, 2.05) is 19.2 Å². The zero-order valence-corrected chi connectivity index (χ0v) is 12.5. The Hall–Kier alpha value is -1.30. The zero-order valence-electron chi connectivity index (χ0n) is 12.5. The summed E-state index contributed by atoms with van der Waals surface area (Å²) in [7, 11) is 1.94. The second kappa shape index (κ2) is 7.11. The third-order valence-corrected chi connectivity index (χ3v) is 3.93. The third kappa shape index (κ3) is 3.67. The molecule has 1 saturated heterocycles. The second-order valence-corrected chi connectivity index (χ2v) is 5.42. The molecule has 2 atom stereocenters. The summed E-state index contributed by atoms with van der Waals surface area (Å²) in [5.41, 5.74) is 1.15. The minimum atomic E-state index is 0.141. The molecule has 2 unspecified atom stereocenters. The van der Waals surface area contributed by atoms with Gasteiger partial charge in [0.2, 0.25) is 0 Å². The first kappa shape index (κ1) is 14.6. The predicted molar refractivity (Wildman–Crippen MR) is 79.0 cm³/mol. The van der Waals surface area contributed by atoms with Crippen molar-refractivity contribution in [1.82, 2.24) is 5.32 Å². The fourth-order valence-electron chi connectivity index (χ4n) is 2.72. The average molecular weight is 293 g/mol. The van der Waals surface area contributed by atoms with Gasteiger partial charge in [-0.2, -0.15) is 0 Å². The number of hydrogen-bond donors (Lipinski definition) is 1. The minimum absolute atomic E-state index is 0.141. The van der Waals surface area contributed by atoms with Gasteiger partial charge in [-0.25, -0.2) is 0 Å². The van der Waals surface area contributed by atoms with Crippen molar-refractivity contribution in [2.24, 2.45) is 0 Å². The smallest absolute Gasteiger partial charge is 0.161 e. The Morgan fingerprint density at radius 2 is 2.10 bits per heavy atom. The van der Waals surface area contributed by atoms with Gasteiger partial charge < -0.3 is 24.3 Å². The van der Waals surface area contributed by atoms with Gasteiger partial charge in [0.25, 0.3) is 0 Å². The molecule has 0 amide bonds. The average Bonchev–Trinajstić information content (AvgIpc) is 3.04. The van der Waals surface area contributed by atoms with E-state index in [0.717, 1.165) is 36.5 Å². The molecule has 5 nitrogen and oxygen atoms in total. The number of benzene rings is 1. The van der Waals surface area contributed by atoms with E-state index in [4.69, 9.17) is 18.9 Å². The van der Waals surface area contributed by atoms with Gasteiger partial charge >= 0.3 is 0 Å². The topological polar surface area (TPSA) is 49.0 Å². The lowest BCUT2D eigenvalue weighted by Crippen LogP contribution is -2.25. The number of ether oxygens (including phenoxy) is 4. The lowest BCUT2D eigenvalue weighted by atomic mass is 10.1. The quantitative estimate of drug-likeness (QED) is 0.868. The molecule has 1 aromatic rings. The maximum Gasteiger partial charge on any atom is 0.161 e. The molecule has 1 N–H and O–H groups in total. The van der Waals surface area contributed by atoms with Crippen molar-refractivity contribution in [2.75, 3.05) is 40.1 Å². The summed E-state index contributed by atoms with van der Waals surface area (Å²) in [5.74, 6) is 1.64. The Labute approximate surface area is 125 Å². The Balaban J connectivity index is 1.57. The van der Waals surface area contributed by atoms with E-state index in [1.54, 1.807) is 0 Å². The summed E-state index contributed by atoms with van der Waals surface area (Å²) in [6.45, 7) is 3.38. The van der Waals surface area contributed by atoms with Gasteiger partial charge in [0, 0.05) is 6.61 Å². The SMILES string of the molecule is CNC(COCC1CCCO1)c1ccc2c(c1)OCCO2. The summed E-state index contributed by atoms with van der Waals surface area (Å²) >= 11 is 0. The molecular formula is C16H23NO4. The fraction of sp³-hybridized carbons (Fsp3) is 0.625. The lowest BCUT2D eigenvalue weighted by molar-refractivity contribution is 0.0105. The summed E-state index contributed by atoms with van der Waals surface area (Å²) in [4.78, 5) is 0. The van der Waals surface area contributed by atoms with Crippen LogP contribution in [0.25, 0.3) is 0 Å². The second-order valence-electron chi connectivity index (χ2n) is 5.42. The number of nitrogens with one attached hydrogen (secondary N) is 1. The van der Waals surface area contributed by atoms with Gasteiger partial charge in [0.1, 0.15) is 13.2 Å². The monoisotopic (exact) mass is 293 g/mol. The van der Waals surface area contributed by atoms with Crippen LogP contribution in [0.2, 0.25) is 0 Å². The van der Waals surface area contributed by atoms with Crippen LogP contribution in [0.3, 0.4) is 0 Å². The van der Waals surface area contributed by atoms with Crippen LogP contribution in [0.1, 0.15) is 24.4 Å². The summed E-state index contributed by atoms with van der Waals surface area (Å²) in [6.07, 6.45) is 2.52. The van der Waals surface area contributed by atoms with E-state index in [-0.39, 0.29) is 12.1 Å². The highest BCUT2D eigenvalue weighted by Gasteiger charge is 2.18. The van der Waals surface area contributed by atoms with Crippen LogP contribution in [0.4, 0.5) is 0 Å². The van der Waals surface area contributed by atoms with Crippen LogP contribution in [0.5, 0.6) is 11.5 Å². The Morgan fingerprint density at radius 1 is 1.24 bits per heavy atom. The lowest BCUT2D eigenvalue weighted by Gasteiger charge is -2.22. The highest BCUT2D eigenvalue weighted by molar-refractivity contribution is 5.44. The molecule has 0 radical (unpaired) electrons. The van der Waals surface area contributed by atoms with Crippen LogP contribution in [-0.2, 0) is 9.47 Å². The minimum Gasteiger partial charge on any atom is -0.486 e. The van der Waals surface area contributed by atoms with Gasteiger partial charge in [-0.1, -0.05) is 6.07 Å². The van der Waals surface area contributed by atoms with Crippen molar-refractivity contribution in [1.29, 1.82) is 0 Å². The Kier molecular flexibility index (Phi) is 4.95. The molecule has 0 spiro atoms. The van der Waals surface area contributed by atoms with E-state index in [9.17, 15) is 0 Å². The van der Waals surface area contributed by atoms with Gasteiger partial charge in [-0.05, 0) is 37.6 Å².